The maximum Gasteiger partial charge on any atom is 0.165 e. The summed E-state index contributed by atoms with van der Waals surface area (Å²) in [5.74, 6) is 0.0820. The second kappa shape index (κ2) is 6.53. The Morgan fingerprint density at radius 3 is 2.69 bits per heavy atom. The van der Waals surface area contributed by atoms with Gasteiger partial charge in [0, 0.05) is 24.5 Å². The van der Waals surface area contributed by atoms with Gasteiger partial charge in [0.05, 0.1) is 11.1 Å². The van der Waals surface area contributed by atoms with Gasteiger partial charge >= 0.3 is 0 Å². The molecule has 1 aliphatic heterocycles. The number of nitrogens with zero attached hydrogens (tertiary/aromatic N) is 4. The van der Waals surface area contributed by atoms with Gasteiger partial charge in [-0.2, -0.15) is 0 Å². The number of fused-ring (bicyclic) bond motifs is 1. The lowest BCUT2D eigenvalue weighted by molar-refractivity contribution is 0.315. The molecule has 0 unspecified atom stereocenters. The van der Waals surface area contributed by atoms with Crippen LogP contribution in [-0.4, -0.2) is 53.2 Å². The van der Waals surface area contributed by atoms with Crippen molar-refractivity contribution in [2.45, 2.75) is 12.5 Å². The molecule has 0 aliphatic carbocycles. The molecule has 0 spiro atoms. The molecule has 0 amide bonds. The largest absolute Gasteiger partial charge is 0.504 e. The summed E-state index contributed by atoms with van der Waals surface area (Å²) >= 11 is 0. The van der Waals surface area contributed by atoms with E-state index in [1.54, 1.807) is 12.1 Å². The molecule has 2 heterocycles. The molecule has 5 nitrogen and oxygen atoms in total. The minimum absolute atomic E-state index is 0.306. The summed E-state index contributed by atoms with van der Waals surface area (Å²) in [6.45, 7) is 1.78. The second-order valence-electron chi connectivity index (χ2n) is 6.88. The average Bonchev–Trinajstić information content (AvgIpc) is 3.13. The van der Waals surface area contributed by atoms with Crippen LogP contribution in [0, 0.1) is 5.82 Å². The molecular formula is C20H21FN4O. The standard InChI is InChI=1S/C20H21FN4O/c1-24(2)13-10-11-25(12-13)20-14-6-3-4-9-17(14)22-19(23-20)15-7-5-8-16(21)18(15)26/h3-9,13,26H,10-12H2,1-2H3/t13-/m1/s1. The maximum atomic E-state index is 13.8. The number of rotatable bonds is 3. The lowest BCUT2D eigenvalue weighted by Crippen LogP contribution is -2.31. The van der Waals surface area contributed by atoms with Crippen LogP contribution < -0.4 is 4.90 Å². The van der Waals surface area contributed by atoms with Gasteiger partial charge in [-0.3, -0.25) is 0 Å². The molecule has 26 heavy (non-hydrogen) atoms. The van der Waals surface area contributed by atoms with E-state index in [9.17, 15) is 9.50 Å². The molecule has 1 atom stereocenters. The van der Waals surface area contributed by atoms with Crippen LogP contribution in [0.5, 0.6) is 5.75 Å². The van der Waals surface area contributed by atoms with Crippen molar-refractivity contribution in [3.05, 3.63) is 48.3 Å². The molecule has 2 aromatic carbocycles. The van der Waals surface area contributed by atoms with E-state index in [4.69, 9.17) is 4.98 Å². The zero-order chi connectivity index (χ0) is 18.3. The van der Waals surface area contributed by atoms with Gasteiger partial charge in [-0.15, -0.1) is 0 Å². The minimum atomic E-state index is -0.672. The molecule has 1 fully saturated rings. The Bertz CT molecular complexity index is 960. The molecule has 1 N–H and O–H groups in total. The Morgan fingerprint density at radius 1 is 1.12 bits per heavy atom. The van der Waals surface area contributed by atoms with Gasteiger partial charge < -0.3 is 14.9 Å². The zero-order valence-corrected chi connectivity index (χ0v) is 14.9. The smallest absolute Gasteiger partial charge is 0.165 e. The van der Waals surface area contributed by atoms with Crippen molar-refractivity contribution in [3.8, 4) is 17.1 Å². The van der Waals surface area contributed by atoms with Crippen LogP contribution in [-0.2, 0) is 0 Å². The van der Waals surface area contributed by atoms with Crippen LogP contribution in [0.1, 0.15) is 6.42 Å². The lowest BCUT2D eigenvalue weighted by Gasteiger charge is -2.22. The molecule has 3 aromatic rings. The number of hydrogen-bond donors (Lipinski definition) is 1. The van der Waals surface area contributed by atoms with Crippen LogP contribution in [0.3, 0.4) is 0 Å². The van der Waals surface area contributed by atoms with E-state index < -0.39 is 11.6 Å². The highest BCUT2D eigenvalue weighted by Gasteiger charge is 2.27. The van der Waals surface area contributed by atoms with E-state index in [0.717, 1.165) is 36.2 Å². The summed E-state index contributed by atoms with van der Waals surface area (Å²) in [5, 5.41) is 11.1. The summed E-state index contributed by atoms with van der Waals surface area (Å²) in [6.07, 6.45) is 1.06. The molecule has 6 heteroatoms. The van der Waals surface area contributed by atoms with Gasteiger partial charge in [-0.25, -0.2) is 14.4 Å². The summed E-state index contributed by atoms with van der Waals surface area (Å²) in [4.78, 5) is 13.7. The van der Waals surface area contributed by atoms with Crippen molar-refractivity contribution in [1.82, 2.24) is 14.9 Å². The number of phenolic OH excluding ortho intramolecular Hbond substituents is 1. The minimum Gasteiger partial charge on any atom is -0.504 e. The number of hydrogen-bond acceptors (Lipinski definition) is 5. The normalized spacial score (nSPS) is 17.4. The number of halogens is 1. The molecular weight excluding hydrogens is 331 g/mol. The zero-order valence-electron chi connectivity index (χ0n) is 14.9. The fourth-order valence-corrected chi connectivity index (χ4v) is 3.47. The summed E-state index contributed by atoms with van der Waals surface area (Å²) in [6, 6.07) is 12.7. The van der Waals surface area contributed by atoms with Crippen molar-refractivity contribution in [3.63, 3.8) is 0 Å². The van der Waals surface area contributed by atoms with Crippen molar-refractivity contribution in [2.24, 2.45) is 0 Å². The quantitative estimate of drug-likeness (QED) is 0.784. The molecule has 0 saturated carbocycles. The number of para-hydroxylation sites is 2. The Kier molecular flexibility index (Phi) is 4.20. The first-order valence-corrected chi connectivity index (χ1v) is 8.70. The first-order chi connectivity index (χ1) is 12.5. The summed E-state index contributed by atoms with van der Waals surface area (Å²) in [5.41, 5.74) is 1.09. The second-order valence-corrected chi connectivity index (χ2v) is 6.88. The number of aromatic hydroxyl groups is 1. The monoisotopic (exact) mass is 352 g/mol. The van der Waals surface area contributed by atoms with Gasteiger partial charge in [0.2, 0.25) is 0 Å². The Labute approximate surface area is 151 Å². The highest BCUT2D eigenvalue weighted by atomic mass is 19.1. The molecule has 0 bridgehead atoms. The van der Waals surface area contributed by atoms with Crippen molar-refractivity contribution in [2.75, 3.05) is 32.1 Å². The van der Waals surface area contributed by atoms with E-state index in [1.165, 1.54) is 6.07 Å². The Hall–Kier alpha value is -2.73. The van der Waals surface area contributed by atoms with Crippen LogP contribution in [0.4, 0.5) is 10.2 Å². The lowest BCUT2D eigenvalue weighted by atomic mass is 10.1. The van der Waals surface area contributed by atoms with E-state index >= 15 is 0 Å². The van der Waals surface area contributed by atoms with Crippen LogP contribution in [0.25, 0.3) is 22.3 Å². The third-order valence-corrected chi connectivity index (χ3v) is 5.00. The van der Waals surface area contributed by atoms with Gasteiger partial charge in [0.1, 0.15) is 5.82 Å². The SMILES string of the molecule is CN(C)[C@@H]1CCN(c2nc(-c3cccc(F)c3O)nc3ccccc23)C1. The van der Waals surface area contributed by atoms with E-state index in [2.05, 4.69) is 28.9 Å². The predicted octanol–water partition coefficient (Wildman–Crippen LogP) is 3.28. The van der Waals surface area contributed by atoms with Gasteiger partial charge in [0.25, 0.3) is 0 Å². The van der Waals surface area contributed by atoms with E-state index in [-0.39, 0.29) is 0 Å². The van der Waals surface area contributed by atoms with Gasteiger partial charge in [0.15, 0.2) is 17.4 Å². The Morgan fingerprint density at radius 2 is 1.92 bits per heavy atom. The van der Waals surface area contributed by atoms with Crippen molar-refractivity contribution < 1.29 is 9.50 Å². The van der Waals surface area contributed by atoms with E-state index in [1.807, 2.05) is 24.3 Å². The molecule has 0 radical (unpaired) electrons. The fraction of sp³-hybridized carbons (Fsp3) is 0.300. The number of anilines is 1. The van der Waals surface area contributed by atoms with Gasteiger partial charge in [-0.1, -0.05) is 18.2 Å². The summed E-state index contributed by atoms with van der Waals surface area (Å²) < 4.78 is 13.8. The third kappa shape index (κ3) is 2.86. The van der Waals surface area contributed by atoms with Crippen LogP contribution >= 0.6 is 0 Å². The van der Waals surface area contributed by atoms with Crippen LogP contribution in [0.2, 0.25) is 0 Å². The van der Waals surface area contributed by atoms with Crippen molar-refractivity contribution >= 4 is 16.7 Å². The highest BCUT2D eigenvalue weighted by molar-refractivity contribution is 5.91. The molecule has 1 saturated heterocycles. The molecule has 134 valence electrons. The molecule has 4 rings (SSSR count). The molecule has 1 aliphatic rings. The number of likely N-dealkylation sites (N-methyl/N-ethyl adjacent to an activating group) is 1. The maximum absolute atomic E-state index is 13.8. The number of aromatic nitrogens is 2. The van der Waals surface area contributed by atoms with Crippen LogP contribution in [0.15, 0.2) is 42.5 Å². The third-order valence-electron chi connectivity index (χ3n) is 5.00. The van der Waals surface area contributed by atoms with E-state index in [0.29, 0.717) is 17.4 Å². The first-order valence-electron chi connectivity index (χ1n) is 8.70. The van der Waals surface area contributed by atoms with Crippen molar-refractivity contribution in [1.29, 1.82) is 0 Å². The fourth-order valence-electron chi connectivity index (χ4n) is 3.47. The summed E-state index contributed by atoms with van der Waals surface area (Å²) in [7, 11) is 4.17. The predicted molar refractivity (Wildman–Crippen MR) is 101 cm³/mol. The van der Waals surface area contributed by atoms with Gasteiger partial charge in [-0.05, 0) is 44.8 Å². The average molecular weight is 352 g/mol. The highest BCUT2D eigenvalue weighted by Crippen LogP contribution is 2.34. The molecule has 1 aromatic heterocycles. The topological polar surface area (TPSA) is 52.5 Å². The Balaban J connectivity index is 1.86. The first kappa shape index (κ1) is 16.7. The number of benzene rings is 2. The number of phenols is 1.